The number of nitrogens with two attached hydrogens (primary N) is 1. The number of methoxy groups -OCH3 is 1. The first kappa shape index (κ1) is 22.3. The Kier molecular flexibility index (Phi) is 6.52. The molecule has 1 aromatic carbocycles. The SMILES string of the molecule is COc1ccc(Nc2cc(NC[C@H]3CCCN(S(=O)(=O)C4CC4)C3)c(C(N)=O)cn2)cc1. The van der Waals surface area contributed by atoms with Gasteiger partial charge in [-0.15, -0.1) is 0 Å². The number of anilines is 3. The molecule has 4 rings (SSSR count). The largest absolute Gasteiger partial charge is 0.497 e. The van der Waals surface area contributed by atoms with E-state index in [0.717, 1.165) is 37.1 Å². The number of piperidine rings is 1. The average molecular weight is 460 g/mol. The van der Waals surface area contributed by atoms with Gasteiger partial charge in [0, 0.05) is 37.6 Å². The lowest BCUT2D eigenvalue weighted by Crippen LogP contribution is -2.43. The zero-order chi connectivity index (χ0) is 22.7. The zero-order valence-corrected chi connectivity index (χ0v) is 18.9. The summed E-state index contributed by atoms with van der Waals surface area (Å²) >= 11 is 0. The zero-order valence-electron chi connectivity index (χ0n) is 18.1. The first-order valence-corrected chi connectivity index (χ1v) is 12.3. The maximum atomic E-state index is 12.6. The summed E-state index contributed by atoms with van der Waals surface area (Å²) in [7, 11) is -1.56. The van der Waals surface area contributed by atoms with Gasteiger partial charge < -0.3 is 21.1 Å². The molecule has 2 aromatic rings. The molecule has 0 spiro atoms. The van der Waals surface area contributed by atoms with Gasteiger partial charge in [-0.25, -0.2) is 17.7 Å². The van der Waals surface area contributed by atoms with Gasteiger partial charge in [-0.2, -0.15) is 0 Å². The van der Waals surface area contributed by atoms with Gasteiger partial charge in [0.15, 0.2) is 0 Å². The van der Waals surface area contributed by atoms with Crippen molar-refractivity contribution in [1.29, 1.82) is 0 Å². The molecule has 32 heavy (non-hydrogen) atoms. The number of sulfonamides is 1. The van der Waals surface area contributed by atoms with E-state index in [-0.39, 0.29) is 11.2 Å². The van der Waals surface area contributed by atoms with Gasteiger partial charge in [-0.1, -0.05) is 0 Å². The van der Waals surface area contributed by atoms with Crippen LogP contribution in [0.4, 0.5) is 17.2 Å². The van der Waals surface area contributed by atoms with Gasteiger partial charge >= 0.3 is 0 Å². The number of aromatic nitrogens is 1. The van der Waals surface area contributed by atoms with E-state index in [1.807, 2.05) is 24.3 Å². The number of amides is 1. The lowest BCUT2D eigenvalue weighted by Gasteiger charge is -2.32. The summed E-state index contributed by atoms with van der Waals surface area (Å²) in [6.07, 6.45) is 4.75. The molecule has 1 amide bonds. The van der Waals surface area contributed by atoms with Crippen molar-refractivity contribution in [3.63, 3.8) is 0 Å². The number of benzene rings is 1. The first-order chi connectivity index (χ1) is 15.4. The number of carbonyl (C=O) groups is 1. The number of nitrogens with zero attached hydrogens (tertiary/aromatic N) is 2. The summed E-state index contributed by atoms with van der Waals surface area (Å²) in [4.78, 5) is 16.2. The fraction of sp³-hybridized carbons (Fsp3) is 0.455. The first-order valence-electron chi connectivity index (χ1n) is 10.8. The molecule has 9 nitrogen and oxygen atoms in total. The lowest BCUT2D eigenvalue weighted by molar-refractivity contribution is 0.100. The molecule has 1 atom stereocenters. The van der Waals surface area contributed by atoms with Crippen molar-refractivity contribution in [1.82, 2.24) is 9.29 Å². The minimum atomic E-state index is -3.17. The van der Waals surface area contributed by atoms with Crippen LogP contribution in [0, 0.1) is 5.92 Å². The van der Waals surface area contributed by atoms with Crippen molar-refractivity contribution < 1.29 is 17.9 Å². The molecule has 172 valence electrons. The Morgan fingerprint density at radius 1 is 1.25 bits per heavy atom. The quantitative estimate of drug-likeness (QED) is 0.526. The topological polar surface area (TPSA) is 127 Å². The van der Waals surface area contributed by atoms with Crippen molar-refractivity contribution in [2.75, 3.05) is 37.4 Å². The van der Waals surface area contributed by atoms with Crippen LogP contribution in [0.25, 0.3) is 0 Å². The molecule has 1 aromatic heterocycles. The predicted octanol–water partition coefficient (Wildman–Crippen LogP) is 2.55. The Morgan fingerprint density at radius 2 is 2.00 bits per heavy atom. The van der Waals surface area contributed by atoms with E-state index >= 15 is 0 Å². The molecule has 10 heteroatoms. The van der Waals surface area contributed by atoms with Crippen LogP contribution in [0.5, 0.6) is 5.75 Å². The van der Waals surface area contributed by atoms with Crippen molar-refractivity contribution in [3.8, 4) is 5.75 Å². The summed E-state index contributed by atoms with van der Waals surface area (Å²) in [5.41, 5.74) is 7.23. The fourth-order valence-corrected chi connectivity index (χ4v) is 5.90. The molecular formula is C22H29N5O4S. The van der Waals surface area contributed by atoms with E-state index in [0.29, 0.717) is 36.7 Å². The summed E-state index contributed by atoms with van der Waals surface area (Å²) in [6.45, 7) is 1.63. The number of hydrogen-bond donors (Lipinski definition) is 3. The van der Waals surface area contributed by atoms with E-state index in [2.05, 4.69) is 15.6 Å². The fourth-order valence-electron chi connectivity index (χ4n) is 3.94. The lowest BCUT2D eigenvalue weighted by atomic mass is 9.99. The number of primary amides is 1. The molecule has 0 radical (unpaired) electrons. The van der Waals surface area contributed by atoms with Gasteiger partial charge in [0.2, 0.25) is 10.0 Å². The number of ether oxygens (including phenoxy) is 1. The van der Waals surface area contributed by atoms with Crippen molar-refractivity contribution in [2.24, 2.45) is 11.7 Å². The number of hydrogen-bond acceptors (Lipinski definition) is 7. The van der Waals surface area contributed by atoms with Gasteiger partial charge in [0.05, 0.1) is 23.6 Å². The Hall–Kier alpha value is -2.85. The normalized spacial score (nSPS) is 19.3. The summed E-state index contributed by atoms with van der Waals surface area (Å²) < 4.78 is 32.0. The number of nitrogens with one attached hydrogen (secondary N) is 2. The summed E-state index contributed by atoms with van der Waals surface area (Å²) in [5.74, 6) is 0.895. The number of rotatable bonds is 9. The number of pyridine rings is 1. The second-order valence-corrected chi connectivity index (χ2v) is 10.5. The van der Waals surface area contributed by atoms with Crippen LogP contribution < -0.4 is 21.1 Å². The molecular weight excluding hydrogens is 430 g/mol. The third-order valence-corrected chi connectivity index (χ3v) is 8.27. The smallest absolute Gasteiger partial charge is 0.252 e. The van der Waals surface area contributed by atoms with Crippen LogP contribution in [0.15, 0.2) is 36.5 Å². The van der Waals surface area contributed by atoms with E-state index in [9.17, 15) is 13.2 Å². The maximum Gasteiger partial charge on any atom is 0.252 e. The molecule has 1 aliphatic carbocycles. The molecule has 2 fully saturated rings. The molecule has 2 heterocycles. The van der Waals surface area contributed by atoms with Crippen LogP contribution in [0.2, 0.25) is 0 Å². The maximum absolute atomic E-state index is 12.6. The minimum Gasteiger partial charge on any atom is -0.497 e. The molecule has 2 aliphatic rings. The van der Waals surface area contributed by atoms with Crippen LogP contribution >= 0.6 is 0 Å². The van der Waals surface area contributed by atoms with Crippen molar-refractivity contribution in [2.45, 2.75) is 30.9 Å². The van der Waals surface area contributed by atoms with Crippen molar-refractivity contribution >= 4 is 33.1 Å². The Labute approximate surface area is 188 Å². The Bertz CT molecular complexity index is 1070. The van der Waals surface area contributed by atoms with Gasteiger partial charge in [-0.3, -0.25) is 4.79 Å². The van der Waals surface area contributed by atoms with Crippen molar-refractivity contribution in [3.05, 3.63) is 42.1 Å². The third kappa shape index (κ3) is 5.13. The van der Waals surface area contributed by atoms with Gasteiger partial charge in [0.1, 0.15) is 11.6 Å². The highest BCUT2D eigenvalue weighted by molar-refractivity contribution is 7.90. The van der Waals surface area contributed by atoms with E-state index in [1.165, 1.54) is 6.20 Å². The highest BCUT2D eigenvalue weighted by Gasteiger charge is 2.41. The molecule has 1 saturated heterocycles. The summed E-state index contributed by atoms with van der Waals surface area (Å²) in [6, 6.07) is 9.15. The van der Waals surface area contributed by atoms with E-state index in [1.54, 1.807) is 17.5 Å². The second-order valence-electron chi connectivity index (χ2n) is 8.32. The van der Waals surface area contributed by atoms with E-state index in [4.69, 9.17) is 10.5 Å². The molecule has 0 bridgehead atoms. The molecule has 0 unspecified atom stereocenters. The standard InChI is InChI=1S/C22H29N5O4S/c1-31-17-6-4-16(5-7-17)26-21-11-20(19(13-25-21)22(23)28)24-12-15-3-2-10-27(14-15)32(29,30)18-8-9-18/h4-7,11,13,15,18H,2-3,8-10,12,14H2,1H3,(H2,23,28)(H2,24,25,26)/t15-/m1/s1. The molecule has 4 N–H and O–H groups in total. The molecule has 1 saturated carbocycles. The second kappa shape index (κ2) is 9.33. The van der Waals surface area contributed by atoms with Gasteiger partial charge in [-0.05, 0) is 55.9 Å². The molecule has 1 aliphatic heterocycles. The van der Waals surface area contributed by atoms with Crippen LogP contribution in [0.3, 0.4) is 0 Å². The predicted molar refractivity (Wildman–Crippen MR) is 124 cm³/mol. The highest BCUT2D eigenvalue weighted by Crippen LogP contribution is 2.33. The van der Waals surface area contributed by atoms with Crippen LogP contribution in [-0.4, -0.2) is 55.6 Å². The summed E-state index contributed by atoms with van der Waals surface area (Å²) in [5, 5.41) is 6.31. The highest BCUT2D eigenvalue weighted by atomic mass is 32.2. The monoisotopic (exact) mass is 459 g/mol. The minimum absolute atomic E-state index is 0.157. The van der Waals surface area contributed by atoms with E-state index < -0.39 is 15.9 Å². The van der Waals surface area contributed by atoms with Crippen LogP contribution in [-0.2, 0) is 10.0 Å². The average Bonchev–Trinajstić information content (AvgIpc) is 3.64. The third-order valence-electron chi connectivity index (χ3n) is 5.90. The Morgan fingerprint density at radius 3 is 2.66 bits per heavy atom. The number of carbonyl (C=O) groups excluding carboxylic acids is 1. The Balaban J connectivity index is 1.44. The van der Waals surface area contributed by atoms with Crippen LogP contribution in [0.1, 0.15) is 36.0 Å². The van der Waals surface area contributed by atoms with Gasteiger partial charge in [0.25, 0.3) is 5.91 Å².